The molecule has 2 aromatic carbocycles. The van der Waals surface area contributed by atoms with Gasteiger partial charge in [0.25, 0.3) is 5.89 Å². The number of nitrogens with one attached hydrogen (secondary N) is 1. The second-order valence-electron chi connectivity index (χ2n) is 8.52. The van der Waals surface area contributed by atoms with E-state index in [-0.39, 0.29) is 12.1 Å². The molecule has 0 aliphatic carbocycles. The predicted molar refractivity (Wildman–Crippen MR) is 126 cm³/mol. The topological polar surface area (TPSA) is 71.3 Å². The van der Waals surface area contributed by atoms with Crippen LogP contribution in [0.2, 0.25) is 0 Å². The van der Waals surface area contributed by atoms with E-state index in [1.165, 1.54) is 16.7 Å². The van der Waals surface area contributed by atoms with Gasteiger partial charge in [0.15, 0.2) is 0 Å². The Bertz CT molecular complexity index is 1160. The molecular weight excluding hydrogens is 400 g/mol. The lowest BCUT2D eigenvalue weighted by atomic mass is 9.92. The van der Waals surface area contributed by atoms with Crippen LogP contribution < -0.4 is 5.32 Å². The standard InChI is InChI=1S/C26H30N4O2/c1-6-7-14-30-19(5)22(23(27-26(30)31)21-13-10-17(3)18(4)15-21)25-28-24(29-32-25)20-11-8-16(2)9-12-20/h8-13,15,23H,6-7,14H2,1-5H3,(H,27,31). The Morgan fingerprint density at radius 2 is 1.78 bits per heavy atom. The summed E-state index contributed by atoms with van der Waals surface area (Å²) in [5.41, 5.74) is 7.15. The molecule has 0 saturated carbocycles. The summed E-state index contributed by atoms with van der Waals surface area (Å²) in [4.78, 5) is 19.5. The number of urea groups is 1. The van der Waals surface area contributed by atoms with Gasteiger partial charge in [-0.3, -0.25) is 4.90 Å². The number of aryl methyl sites for hydroxylation is 3. The molecule has 3 aromatic rings. The molecule has 6 heteroatoms. The first-order valence-electron chi connectivity index (χ1n) is 11.2. The molecule has 1 atom stereocenters. The zero-order valence-corrected chi connectivity index (χ0v) is 19.4. The Labute approximate surface area is 189 Å². The molecule has 0 spiro atoms. The van der Waals surface area contributed by atoms with Gasteiger partial charge >= 0.3 is 6.03 Å². The highest BCUT2D eigenvalue weighted by Crippen LogP contribution is 2.38. The SMILES string of the molecule is CCCCN1C(=O)NC(c2ccc(C)c(C)c2)C(c2nc(-c3ccc(C)cc3)no2)=C1C. The number of hydrogen-bond acceptors (Lipinski definition) is 4. The van der Waals surface area contributed by atoms with Crippen molar-refractivity contribution in [3.8, 4) is 11.4 Å². The third-order valence-electron chi connectivity index (χ3n) is 6.16. The predicted octanol–water partition coefficient (Wildman–Crippen LogP) is 5.96. The highest BCUT2D eigenvalue weighted by Gasteiger charge is 2.35. The third kappa shape index (κ3) is 4.17. The summed E-state index contributed by atoms with van der Waals surface area (Å²) in [6.45, 7) is 10.9. The molecule has 32 heavy (non-hydrogen) atoms. The molecule has 166 valence electrons. The molecule has 0 bridgehead atoms. The largest absolute Gasteiger partial charge is 0.334 e. The maximum absolute atomic E-state index is 13.0. The number of benzene rings is 2. The molecule has 1 aliphatic rings. The summed E-state index contributed by atoms with van der Waals surface area (Å²) in [6, 6.07) is 13.8. The summed E-state index contributed by atoms with van der Waals surface area (Å²) >= 11 is 0. The fraction of sp³-hybridized carbons (Fsp3) is 0.346. The highest BCUT2D eigenvalue weighted by molar-refractivity contribution is 5.87. The number of amides is 2. The van der Waals surface area contributed by atoms with Crippen molar-refractivity contribution in [1.82, 2.24) is 20.4 Å². The number of rotatable bonds is 6. The first-order chi connectivity index (χ1) is 15.4. The monoisotopic (exact) mass is 430 g/mol. The summed E-state index contributed by atoms with van der Waals surface area (Å²) in [5, 5.41) is 7.42. The van der Waals surface area contributed by atoms with E-state index in [1.807, 2.05) is 38.1 Å². The molecule has 0 saturated heterocycles. The minimum Gasteiger partial charge on any atom is -0.334 e. The van der Waals surface area contributed by atoms with Gasteiger partial charge in [0.2, 0.25) is 5.82 Å². The lowest BCUT2D eigenvalue weighted by Gasteiger charge is -2.35. The van der Waals surface area contributed by atoms with Gasteiger partial charge in [-0.25, -0.2) is 4.79 Å². The first kappa shape index (κ1) is 21.8. The van der Waals surface area contributed by atoms with Crippen LogP contribution in [0.4, 0.5) is 4.79 Å². The molecule has 1 unspecified atom stereocenters. The van der Waals surface area contributed by atoms with Gasteiger partial charge < -0.3 is 9.84 Å². The minimum atomic E-state index is -0.356. The van der Waals surface area contributed by atoms with Gasteiger partial charge in [0.05, 0.1) is 11.6 Å². The molecule has 1 aromatic heterocycles. The van der Waals surface area contributed by atoms with Gasteiger partial charge in [-0.15, -0.1) is 0 Å². The molecular formula is C26H30N4O2. The number of unbranched alkanes of at least 4 members (excludes halogenated alkanes) is 1. The normalized spacial score (nSPS) is 16.5. The van der Waals surface area contributed by atoms with Crippen molar-refractivity contribution in [3.63, 3.8) is 0 Å². The molecule has 0 fully saturated rings. The molecule has 6 nitrogen and oxygen atoms in total. The van der Waals surface area contributed by atoms with Gasteiger partial charge in [0, 0.05) is 17.8 Å². The lowest BCUT2D eigenvalue weighted by Crippen LogP contribution is -2.46. The smallest absolute Gasteiger partial charge is 0.322 e. The number of nitrogens with zero attached hydrogens (tertiary/aromatic N) is 3. The Morgan fingerprint density at radius 3 is 2.47 bits per heavy atom. The zero-order chi connectivity index (χ0) is 22.8. The van der Waals surface area contributed by atoms with Crippen molar-refractivity contribution in [2.24, 2.45) is 0 Å². The van der Waals surface area contributed by atoms with E-state index < -0.39 is 0 Å². The van der Waals surface area contributed by atoms with Crippen molar-refractivity contribution in [2.45, 2.75) is 53.5 Å². The molecule has 1 N–H and O–H groups in total. The number of hydrogen-bond donors (Lipinski definition) is 1. The van der Waals surface area contributed by atoms with Crippen LogP contribution in [0.5, 0.6) is 0 Å². The van der Waals surface area contributed by atoms with E-state index >= 15 is 0 Å². The average molecular weight is 431 g/mol. The summed E-state index contributed by atoms with van der Waals surface area (Å²) in [5.74, 6) is 0.971. The van der Waals surface area contributed by atoms with E-state index in [2.05, 4.69) is 49.4 Å². The van der Waals surface area contributed by atoms with E-state index in [1.54, 1.807) is 4.90 Å². The molecule has 4 rings (SSSR count). The van der Waals surface area contributed by atoms with Crippen molar-refractivity contribution >= 4 is 11.6 Å². The van der Waals surface area contributed by atoms with E-state index in [9.17, 15) is 4.79 Å². The molecule has 2 amide bonds. The third-order valence-corrected chi connectivity index (χ3v) is 6.16. The van der Waals surface area contributed by atoms with Gasteiger partial charge in [-0.2, -0.15) is 4.98 Å². The van der Waals surface area contributed by atoms with E-state index in [4.69, 9.17) is 9.51 Å². The maximum Gasteiger partial charge on any atom is 0.322 e. The number of allylic oxidation sites excluding steroid dienone is 1. The number of carbonyl (C=O) groups is 1. The fourth-order valence-electron chi connectivity index (χ4n) is 3.99. The van der Waals surface area contributed by atoms with Crippen LogP contribution >= 0.6 is 0 Å². The second-order valence-corrected chi connectivity index (χ2v) is 8.52. The zero-order valence-electron chi connectivity index (χ0n) is 19.4. The van der Waals surface area contributed by atoms with Crippen molar-refractivity contribution in [2.75, 3.05) is 6.54 Å². The average Bonchev–Trinajstić information content (AvgIpc) is 3.25. The van der Waals surface area contributed by atoms with E-state index in [0.717, 1.165) is 35.2 Å². The highest BCUT2D eigenvalue weighted by atomic mass is 16.5. The van der Waals surface area contributed by atoms with Crippen molar-refractivity contribution in [1.29, 1.82) is 0 Å². The van der Waals surface area contributed by atoms with Crippen LogP contribution in [-0.4, -0.2) is 27.6 Å². The summed E-state index contributed by atoms with van der Waals surface area (Å²) in [7, 11) is 0. The van der Waals surface area contributed by atoms with Crippen LogP contribution in [0.15, 0.2) is 52.7 Å². The summed E-state index contributed by atoms with van der Waals surface area (Å²) < 4.78 is 5.76. The molecule has 0 radical (unpaired) electrons. The fourth-order valence-corrected chi connectivity index (χ4v) is 3.99. The summed E-state index contributed by atoms with van der Waals surface area (Å²) in [6.07, 6.45) is 1.93. The second kappa shape index (κ2) is 8.99. The maximum atomic E-state index is 13.0. The molecule has 2 heterocycles. The van der Waals surface area contributed by atoms with Crippen molar-refractivity contribution in [3.05, 3.63) is 76.3 Å². The van der Waals surface area contributed by atoms with Crippen LogP contribution in [0.1, 0.15) is 60.9 Å². The Balaban J connectivity index is 1.80. The van der Waals surface area contributed by atoms with Gasteiger partial charge in [-0.05, 0) is 50.8 Å². The first-order valence-corrected chi connectivity index (χ1v) is 11.2. The van der Waals surface area contributed by atoms with Crippen LogP contribution in [-0.2, 0) is 0 Å². The van der Waals surface area contributed by atoms with Crippen LogP contribution in [0.25, 0.3) is 17.0 Å². The van der Waals surface area contributed by atoms with E-state index in [0.29, 0.717) is 18.3 Å². The Morgan fingerprint density at radius 1 is 1.03 bits per heavy atom. The number of aromatic nitrogens is 2. The number of carbonyl (C=O) groups excluding carboxylic acids is 1. The lowest BCUT2D eigenvalue weighted by molar-refractivity contribution is 0.204. The van der Waals surface area contributed by atoms with Gasteiger partial charge in [0.1, 0.15) is 0 Å². The van der Waals surface area contributed by atoms with Crippen LogP contribution in [0.3, 0.4) is 0 Å². The minimum absolute atomic E-state index is 0.0961. The Hall–Kier alpha value is -3.41. The molecule has 1 aliphatic heterocycles. The van der Waals surface area contributed by atoms with Gasteiger partial charge in [-0.1, -0.05) is 66.5 Å². The van der Waals surface area contributed by atoms with Crippen molar-refractivity contribution < 1.29 is 9.32 Å². The quantitative estimate of drug-likeness (QED) is 0.524. The van der Waals surface area contributed by atoms with Crippen LogP contribution in [0, 0.1) is 20.8 Å². The Kier molecular flexibility index (Phi) is 6.12.